The Morgan fingerprint density at radius 2 is 1.63 bits per heavy atom. The molecule has 1 aromatic heterocycles. The van der Waals surface area contributed by atoms with Gasteiger partial charge >= 0.3 is 0 Å². The first-order valence-electron chi connectivity index (χ1n) is 10.4. The van der Waals surface area contributed by atoms with E-state index in [0.29, 0.717) is 11.4 Å². The van der Waals surface area contributed by atoms with Gasteiger partial charge in [0.15, 0.2) is 0 Å². The summed E-state index contributed by atoms with van der Waals surface area (Å²) in [6, 6.07) is 9.13. The maximum absolute atomic E-state index is 12.9. The van der Waals surface area contributed by atoms with Crippen molar-refractivity contribution in [3.63, 3.8) is 0 Å². The van der Waals surface area contributed by atoms with Gasteiger partial charge in [-0.2, -0.15) is 0 Å². The molecule has 1 N–H and O–H groups in total. The number of nitrogens with zero attached hydrogens (tertiary/aromatic N) is 3. The first-order valence-corrected chi connectivity index (χ1v) is 10.4. The number of benzene rings is 1. The average Bonchev–Trinajstić information content (AvgIpc) is 3.46. The van der Waals surface area contributed by atoms with Gasteiger partial charge in [0.25, 0.3) is 5.56 Å². The lowest BCUT2D eigenvalue weighted by Crippen LogP contribution is -2.39. The molecule has 1 aromatic carbocycles. The van der Waals surface area contributed by atoms with Crippen molar-refractivity contribution < 1.29 is 14.4 Å². The fourth-order valence-corrected chi connectivity index (χ4v) is 5.66. The van der Waals surface area contributed by atoms with E-state index in [1.807, 2.05) is 18.2 Å². The van der Waals surface area contributed by atoms with Crippen LogP contribution in [0.15, 0.2) is 35.1 Å². The van der Waals surface area contributed by atoms with Crippen molar-refractivity contribution >= 4 is 23.4 Å². The van der Waals surface area contributed by atoms with Crippen LogP contribution in [0.2, 0.25) is 0 Å². The van der Waals surface area contributed by atoms with Crippen molar-refractivity contribution in [1.82, 2.24) is 14.3 Å². The lowest BCUT2D eigenvalue weighted by Gasteiger charge is -2.19. The maximum atomic E-state index is 12.9. The highest BCUT2D eigenvalue weighted by atomic mass is 16.2. The standard InChI is InChI=1S/C22H24N4O4/c1-12-19(22(30)26(24(12)2)15-6-4-3-5-7-15)23-16(27)11-25-20(28)17-13-8-9-14(10-13)18(17)21(25)29/h3-7,13-14,17-18H,8-11H2,1-2H3,(H,23,27)/t13-,14+,17-,18-/m0/s1. The Kier molecular flexibility index (Phi) is 4.20. The van der Waals surface area contributed by atoms with Gasteiger partial charge in [0, 0.05) is 7.05 Å². The van der Waals surface area contributed by atoms with Gasteiger partial charge in [0.1, 0.15) is 12.2 Å². The van der Waals surface area contributed by atoms with E-state index in [1.54, 1.807) is 30.8 Å². The number of anilines is 1. The van der Waals surface area contributed by atoms with Crippen LogP contribution in [0.4, 0.5) is 5.69 Å². The number of fused-ring (bicyclic) bond motifs is 5. The second-order valence-corrected chi connectivity index (χ2v) is 8.63. The molecule has 4 atom stereocenters. The van der Waals surface area contributed by atoms with Gasteiger partial charge in [-0.25, -0.2) is 4.68 Å². The SMILES string of the molecule is Cc1c(NC(=O)CN2C(=O)[C@H]3[C@@H]4CC[C@@H](C4)[C@@H]3C2=O)c(=O)n(-c2ccccc2)n1C. The first kappa shape index (κ1) is 18.8. The molecule has 3 fully saturated rings. The number of aromatic nitrogens is 2. The number of amides is 3. The molecule has 0 unspecified atom stereocenters. The quantitative estimate of drug-likeness (QED) is 0.775. The number of carbonyl (C=O) groups is 3. The minimum absolute atomic E-state index is 0.158. The van der Waals surface area contributed by atoms with Gasteiger partial charge < -0.3 is 5.32 Å². The molecule has 1 saturated heterocycles. The van der Waals surface area contributed by atoms with Crippen molar-refractivity contribution in [2.75, 3.05) is 11.9 Å². The van der Waals surface area contributed by atoms with E-state index in [4.69, 9.17) is 0 Å². The molecule has 8 heteroatoms. The Bertz CT molecular complexity index is 1090. The Morgan fingerprint density at radius 1 is 1.03 bits per heavy atom. The molecular formula is C22H24N4O4. The molecule has 1 aliphatic heterocycles. The van der Waals surface area contributed by atoms with E-state index < -0.39 is 5.91 Å². The van der Waals surface area contributed by atoms with Crippen LogP contribution in [0, 0.1) is 30.6 Å². The van der Waals surface area contributed by atoms with E-state index in [9.17, 15) is 19.2 Å². The first-order chi connectivity index (χ1) is 14.4. The second-order valence-electron chi connectivity index (χ2n) is 8.63. The van der Waals surface area contributed by atoms with Crippen LogP contribution in [-0.4, -0.2) is 38.5 Å². The molecule has 3 amide bonds. The third-order valence-corrected chi connectivity index (χ3v) is 7.14. The fourth-order valence-electron chi connectivity index (χ4n) is 5.66. The number of imide groups is 1. The molecule has 2 aliphatic carbocycles. The smallest absolute Gasteiger partial charge is 0.295 e. The molecule has 5 rings (SSSR count). The summed E-state index contributed by atoms with van der Waals surface area (Å²) >= 11 is 0. The largest absolute Gasteiger partial charge is 0.318 e. The van der Waals surface area contributed by atoms with Crippen LogP contribution in [0.5, 0.6) is 0 Å². The molecule has 3 aliphatic rings. The van der Waals surface area contributed by atoms with Crippen molar-refractivity contribution in [2.45, 2.75) is 26.2 Å². The molecule has 2 aromatic rings. The highest BCUT2D eigenvalue weighted by molar-refractivity contribution is 6.09. The van der Waals surface area contributed by atoms with Crippen molar-refractivity contribution in [3.05, 3.63) is 46.4 Å². The highest BCUT2D eigenvalue weighted by Gasteiger charge is 2.60. The zero-order chi connectivity index (χ0) is 21.2. The molecule has 2 heterocycles. The highest BCUT2D eigenvalue weighted by Crippen LogP contribution is 2.56. The molecular weight excluding hydrogens is 384 g/mol. The number of nitrogens with one attached hydrogen (secondary N) is 1. The van der Waals surface area contributed by atoms with Gasteiger partial charge in [-0.3, -0.25) is 28.8 Å². The van der Waals surface area contributed by atoms with Crippen molar-refractivity contribution in [3.8, 4) is 5.69 Å². The second kappa shape index (κ2) is 6.68. The number of hydrogen-bond acceptors (Lipinski definition) is 4. The summed E-state index contributed by atoms with van der Waals surface area (Å²) in [7, 11) is 1.74. The zero-order valence-electron chi connectivity index (χ0n) is 17.0. The van der Waals surface area contributed by atoms with Gasteiger partial charge in [0.05, 0.1) is 23.2 Å². The lowest BCUT2D eigenvalue weighted by molar-refractivity contribution is -0.143. The van der Waals surface area contributed by atoms with Gasteiger partial charge in [-0.15, -0.1) is 0 Å². The van der Waals surface area contributed by atoms with E-state index in [2.05, 4.69) is 5.32 Å². The third kappa shape index (κ3) is 2.59. The summed E-state index contributed by atoms with van der Waals surface area (Å²) in [4.78, 5) is 52.4. The average molecular weight is 408 g/mol. The van der Waals surface area contributed by atoms with Crippen LogP contribution in [0.25, 0.3) is 5.69 Å². The fraction of sp³-hybridized carbons (Fsp3) is 0.455. The van der Waals surface area contributed by atoms with Crippen LogP contribution >= 0.6 is 0 Å². The molecule has 156 valence electrons. The molecule has 30 heavy (non-hydrogen) atoms. The number of hydrogen-bond donors (Lipinski definition) is 1. The molecule has 2 saturated carbocycles. The van der Waals surface area contributed by atoms with Gasteiger partial charge in [-0.1, -0.05) is 18.2 Å². The summed E-state index contributed by atoms with van der Waals surface area (Å²) < 4.78 is 3.14. The van der Waals surface area contributed by atoms with Gasteiger partial charge in [-0.05, 0) is 50.2 Å². The Morgan fingerprint density at radius 3 is 2.23 bits per heavy atom. The molecule has 0 spiro atoms. The Hall–Kier alpha value is -3.16. The topological polar surface area (TPSA) is 93.4 Å². The number of carbonyl (C=O) groups excluding carboxylic acids is 3. The summed E-state index contributed by atoms with van der Waals surface area (Å²) in [5, 5.41) is 2.64. The minimum Gasteiger partial charge on any atom is -0.318 e. The van der Waals surface area contributed by atoms with Crippen LogP contribution in [0.3, 0.4) is 0 Å². The van der Waals surface area contributed by atoms with Crippen LogP contribution in [0.1, 0.15) is 25.0 Å². The molecule has 0 radical (unpaired) electrons. The summed E-state index contributed by atoms with van der Waals surface area (Å²) in [5.41, 5.74) is 1.07. The molecule has 8 nitrogen and oxygen atoms in total. The van der Waals surface area contributed by atoms with Crippen LogP contribution < -0.4 is 10.9 Å². The van der Waals surface area contributed by atoms with E-state index in [-0.39, 0.29) is 53.3 Å². The van der Waals surface area contributed by atoms with Crippen molar-refractivity contribution in [1.29, 1.82) is 0 Å². The van der Waals surface area contributed by atoms with E-state index in [0.717, 1.165) is 24.2 Å². The predicted molar refractivity (Wildman–Crippen MR) is 109 cm³/mol. The van der Waals surface area contributed by atoms with E-state index >= 15 is 0 Å². The minimum atomic E-state index is -0.532. The number of para-hydroxylation sites is 1. The summed E-state index contributed by atoms with van der Waals surface area (Å²) in [6.45, 7) is 1.40. The summed E-state index contributed by atoms with van der Waals surface area (Å²) in [6.07, 6.45) is 2.94. The third-order valence-electron chi connectivity index (χ3n) is 7.14. The Labute approximate surface area is 173 Å². The maximum Gasteiger partial charge on any atom is 0.295 e. The lowest BCUT2D eigenvalue weighted by atomic mass is 9.81. The van der Waals surface area contributed by atoms with Gasteiger partial charge in [0.2, 0.25) is 17.7 Å². The van der Waals surface area contributed by atoms with E-state index in [1.165, 1.54) is 4.68 Å². The van der Waals surface area contributed by atoms with Crippen molar-refractivity contribution in [2.24, 2.45) is 30.7 Å². The number of likely N-dealkylation sites (tertiary alicyclic amines) is 1. The number of rotatable bonds is 4. The zero-order valence-corrected chi connectivity index (χ0v) is 17.0. The molecule has 2 bridgehead atoms. The van der Waals surface area contributed by atoms with Crippen LogP contribution in [-0.2, 0) is 21.4 Å². The normalized spacial score (nSPS) is 27.1. The summed E-state index contributed by atoms with van der Waals surface area (Å²) in [5.74, 6) is -0.929. The predicted octanol–water partition coefficient (Wildman–Crippen LogP) is 1.45. The monoisotopic (exact) mass is 408 g/mol. The Balaban J connectivity index is 1.36.